The first-order chi connectivity index (χ1) is 9.77. The van der Waals surface area contributed by atoms with Crippen LogP contribution in [0.1, 0.15) is 32.4 Å². The van der Waals surface area contributed by atoms with Crippen molar-refractivity contribution in [2.75, 3.05) is 5.32 Å². The van der Waals surface area contributed by atoms with E-state index < -0.39 is 11.9 Å². The van der Waals surface area contributed by atoms with Crippen LogP contribution in [0.3, 0.4) is 0 Å². The van der Waals surface area contributed by atoms with Crippen LogP contribution >= 0.6 is 0 Å². The van der Waals surface area contributed by atoms with Crippen LogP contribution in [0.15, 0.2) is 36.7 Å². The summed E-state index contributed by atoms with van der Waals surface area (Å²) in [5.74, 6) is -0.896. The average Bonchev–Trinajstić information content (AvgIpc) is 2.85. The second kappa shape index (κ2) is 5.55. The molecule has 1 atom stereocenters. The van der Waals surface area contributed by atoms with Crippen LogP contribution in [0.25, 0.3) is 0 Å². The lowest BCUT2D eigenvalue weighted by Crippen LogP contribution is -2.27. The number of aromatic nitrogens is 2. The van der Waals surface area contributed by atoms with E-state index in [1.807, 2.05) is 20.8 Å². The number of halogens is 1. The highest BCUT2D eigenvalue weighted by Crippen LogP contribution is 2.21. The molecule has 5 nitrogen and oxygen atoms in total. The predicted molar refractivity (Wildman–Crippen MR) is 79.2 cm³/mol. The number of carbonyl (C=O) groups is 1. The standard InChI is InChI=1S/C15H19FN4O/c1-15(2,3)20-9-12(8-18-20)19-13(14(17)21)10-4-6-11(16)7-5-10/h4-9,13,19H,1-3H3,(H2,17,21). The van der Waals surface area contributed by atoms with Crippen LogP contribution in [-0.4, -0.2) is 15.7 Å². The molecule has 0 bridgehead atoms. The molecular formula is C15H19FN4O. The number of benzene rings is 1. The van der Waals surface area contributed by atoms with Gasteiger partial charge in [0.25, 0.3) is 0 Å². The second-order valence-electron chi connectivity index (χ2n) is 5.88. The number of anilines is 1. The van der Waals surface area contributed by atoms with Crippen molar-refractivity contribution in [1.82, 2.24) is 9.78 Å². The Labute approximate surface area is 123 Å². The average molecular weight is 290 g/mol. The van der Waals surface area contributed by atoms with E-state index >= 15 is 0 Å². The molecule has 1 unspecified atom stereocenters. The Hall–Kier alpha value is -2.37. The van der Waals surface area contributed by atoms with E-state index in [1.165, 1.54) is 24.3 Å². The van der Waals surface area contributed by atoms with Crippen molar-refractivity contribution in [2.45, 2.75) is 32.4 Å². The van der Waals surface area contributed by atoms with Gasteiger partial charge in [-0.15, -0.1) is 0 Å². The fourth-order valence-electron chi connectivity index (χ4n) is 1.90. The number of primary amides is 1. The lowest BCUT2D eigenvalue weighted by molar-refractivity contribution is -0.118. The van der Waals surface area contributed by atoms with Gasteiger partial charge in [0, 0.05) is 6.20 Å². The molecule has 1 heterocycles. The van der Waals surface area contributed by atoms with Crippen LogP contribution in [0.4, 0.5) is 10.1 Å². The summed E-state index contributed by atoms with van der Waals surface area (Å²) in [6.45, 7) is 6.07. The Kier molecular flexibility index (Phi) is 3.97. The summed E-state index contributed by atoms with van der Waals surface area (Å²) in [5, 5.41) is 7.28. The van der Waals surface area contributed by atoms with Crippen molar-refractivity contribution >= 4 is 11.6 Å². The number of carbonyl (C=O) groups excluding carboxylic acids is 1. The number of nitrogens with two attached hydrogens (primary N) is 1. The first-order valence-corrected chi connectivity index (χ1v) is 6.64. The van der Waals surface area contributed by atoms with Crippen molar-refractivity contribution in [1.29, 1.82) is 0 Å². The molecule has 2 rings (SSSR count). The molecule has 1 amide bonds. The summed E-state index contributed by atoms with van der Waals surface area (Å²) in [6.07, 6.45) is 3.43. The fraction of sp³-hybridized carbons (Fsp3) is 0.333. The number of nitrogens with one attached hydrogen (secondary N) is 1. The molecule has 3 N–H and O–H groups in total. The monoisotopic (exact) mass is 290 g/mol. The van der Waals surface area contributed by atoms with Crippen LogP contribution in [0.2, 0.25) is 0 Å². The highest BCUT2D eigenvalue weighted by Gasteiger charge is 2.20. The van der Waals surface area contributed by atoms with Gasteiger partial charge in [0.1, 0.15) is 11.9 Å². The third-order valence-electron chi connectivity index (χ3n) is 3.07. The second-order valence-corrected chi connectivity index (χ2v) is 5.88. The lowest BCUT2D eigenvalue weighted by Gasteiger charge is -2.19. The Morgan fingerprint density at radius 3 is 2.43 bits per heavy atom. The summed E-state index contributed by atoms with van der Waals surface area (Å²) in [4.78, 5) is 11.6. The van der Waals surface area contributed by atoms with Crippen molar-refractivity contribution in [2.24, 2.45) is 5.73 Å². The molecule has 112 valence electrons. The van der Waals surface area contributed by atoms with Gasteiger partial charge in [-0.05, 0) is 38.5 Å². The summed E-state index contributed by atoms with van der Waals surface area (Å²) in [5.41, 5.74) is 6.55. The fourth-order valence-corrected chi connectivity index (χ4v) is 1.90. The van der Waals surface area contributed by atoms with E-state index in [1.54, 1.807) is 17.1 Å². The molecule has 0 radical (unpaired) electrons. The van der Waals surface area contributed by atoms with E-state index in [2.05, 4.69) is 10.4 Å². The third kappa shape index (κ3) is 3.59. The zero-order valence-electron chi connectivity index (χ0n) is 12.3. The SMILES string of the molecule is CC(C)(C)n1cc(NC(C(N)=O)c2ccc(F)cc2)cn1. The number of hydrogen-bond donors (Lipinski definition) is 2. The van der Waals surface area contributed by atoms with E-state index in [0.717, 1.165) is 0 Å². The maximum atomic E-state index is 13.0. The maximum Gasteiger partial charge on any atom is 0.244 e. The molecule has 0 spiro atoms. The van der Waals surface area contributed by atoms with Gasteiger partial charge in [0.2, 0.25) is 5.91 Å². The topological polar surface area (TPSA) is 72.9 Å². The number of amides is 1. The van der Waals surface area contributed by atoms with Crippen LogP contribution < -0.4 is 11.1 Å². The maximum absolute atomic E-state index is 13.0. The Morgan fingerprint density at radius 2 is 1.95 bits per heavy atom. The minimum atomic E-state index is -0.733. The van der Waals surface area contributed by atoms with Crippen LogP contribution in [0, 0.1) is 5.82 Å². The van der Waals surface area contributed by atoms with Crippen molar-refractivity contribution in [3.05, 3.63) is 48.0 Å². The third-order valence-corrected chi connectivity index (χ3v) is 3.07. The minimum absolute atomic E-state index is 0.155. The van der Waals surface area contributed by atoms with E-state index in [0.29, 0.717) is 11.3 Å². The summed E-state index contributed by atoms with van der Waals surface area (Å²) >= 11 is 0. The molecule has 0 saturated carbocycles. The van der Waals surface area contributed by atoms with Crippen molar-refractivity contribution < 1.29 is 9.18 Å². The normalized spacial score (nSPS) is 13.0. The Balaban J connectivity index is 2.23. The highest BCUT2D eigenvalue weighted by atomic mass is 19.1. The molecule has 0 aliphatic carbocycles. The summed E-state index contributed by atoms with van der Waals surface area (Å²) < 4.78 is 14.8. The Morgan fingerprint density at radius 1 is 1.33 bits per heavy atom. The minimum Gasteiger partial charge on any atom is -0.368 e. The van der Waals surface area contributed by atoms with Crippen LogP contribution in [0.5, 0.6) is 0 Å². The number of rotatable bonds is 4. The van der Waals surface area contributed by atoms with Crippen molar-refractivity contribution in [3.63, 3.8) is 0 Å². The van der Waals surface area contributed by atoms with Gasteiger partial charge in [-0.2, -0.15) is 5.10 Å². The smallest absolute Gasteiger partial charge is 0.244 e. The molecule has 0 fully saturated rings. The zero-order valence-corrected chi connectivity index (χ0v) is 12.3. The quantitative estimate of drug-likeness (QED) is 0.908. The first kappa shape index (κ1) is 15.0. The number of hydrogen-bond acceptors (Lipinski definition) is 3. The molecule has 1 aromatic carbocycles. The van der Waals surface area contributed by atoms with Gasteiger partial charge < -0.3 is 11.1 Å². The van der Waals surface area contributed by atoms with Gasteiger partial charge in [0.05, 0.1) is 17.4 Å². The molecular weight excluding hydrogens is 271 g/mol. The molecule has 6 heteroatoms. The zero-order chi connectivity index (χ0) is 15.6. The molecule has 0 saturated heterocycles. The van der Waals surface area contributed by atoms with E-state index in [-0.39, 0.29) is 11.4 Å². The van der Waals surface area contributed by atoms with Gasteiger partial charge >= 0.3 is 0 Å². The van der Waals surface area contributed by atoms with E-state index in [9.17, 15) is 9.18 Å². The number of nitrogens with zero attached hydrogens (tertiary/aromatic N) is 2. The highest BCUT2D eigenvalue weighted by molar-refractivity contribution is 5.84. The molecule has 0 aliphatic heterocycles. The van der Waals surface area contributed by atoms with Gasteiger partial charge in [0.15, 0.2) is 0 Å². The van der Waals surface area contributed by atoms with E-state index in [4.69, 9.17) is 5.73 Å². The molecule has 21 heavy (non-hydrogen) atoms. The lowest BCUT2D eigenvalue weighted by atomic mass is 10.1. The predicted octanol–water partition coefficient (Wildman–Crippen LogP) is 2.42. The summed E-state index contributed by atoms with van der Waals surface area (Å²) in [6, 6.07) is 4.93. The molecule has 1 aromatic heterocycles. The summed E-state index contributed by atoms with van der Waals surface area (Å²) in [7, 11) is 0. The van der Waals surface area contributed by atoms with Crippen LogP contribution in [-0.2, 0) is 10.3 Å². The molecule has 0 aliphatic rings. The Bertz CT molecular complexity index is 628. The first-order valence-electron chi connectivity index (χ1n) is 6.64. The van der Waals surface area contributed by atoms with Gasteiger partial charge in [-0.25, -0.2) is 4.39 Å². The molecule has 2 aromatic rings. The largest absolute Gasteiger partial charge is 0.368 e. The van der Waals surface area contributed by atoms with Crippen molar-refractivity contribution in [3.8, 4) is 0 Å². The van der Waals surface area contributed by atoms with Gasteiger partial charge in [-0.1, -0.05) is 12.1 Å². The van der Waals surface area contributed by atoms with Gasteiger partial charge in [-0.3, -0.25) is 9.48 Å².